The Morgan fingerprint density at radius 3 is 2.90 bits per heavy atom. The van der Waals surface area contributed by atoms with E-state index in [1.807, 2.05) is 0 Å². The normalized spacial score (nSPS) is 22.3. The summed E-state index contributed by atoms with van der Waals surface area (Å²) in [5, 5.41) is 3.61. The first kappa shape index (κ1) is 14.9. The van der Waals surface area contributed by atoms with Gasteiger partial charge in [0.15, 0.2) is 0 Å². The second-order valence-electron chi connectivity index (χ2n) is 6.61. The maximum atomic E-state index is 5.96. The molecule has 1 spiro atoms. The minimum atomic E-state index is 0.409. The molecule has 1 aliphatic heterocycles. The highest BCUT2D eigenvalue weighted by atomic mass is 16.5. The van der Waals surface area contributed by atoms with Gasteiger partial charge in [0.05, 0.1) is 0 Å². The van der Waals surface area contributed by atoms with Gasteiger partial charge >= 0.3 is 0 Å². The van der Waals surface area contributed by atoms with E-state index in [2.05, 4.69) is 41.4 Å². The number of piperazine rings is 1. The van der Waals surface area contributed by atoms with Crippen LogP contribution in [0.3, 0.4) is 0 Å². The summed E-state index contributed by atoms with van der Waals surface area (Å²) in [4.78, 5) is 2.69. The van der Waals surface area contributed by atoms with Crippen molar-refractivity contribution in [2.45, 2.75) is 44.6 Å². The third-order valence-corrected chi connectivity index (χ3v) is 5.09. The van der Waals surface area contributed by atoms with Crippen LogP contribution < -0.4 is 10.1 Å². The Balaban J connectivity index is 1.55. The van der Waals surface area contributed by atoms with E-state index in [-0.39, 0.29) is 0 Å². The molecule has 0 unspecified atom stereocenters. The highest BCUT2D eigenvalue weighted by Crippen LogP contribution is 2.34. The molecule has 2 fully saturated rings. The molecule has 1 saturated heterocycles. The van der Waals surface area contributed by atoms with E-state index in [9.17, 15) is 0 Å². The lowest BCUT2D eigenvalue weighted by Crippen LogP contribution is -2.62. The third kappa shape index (κ3) is 3.58. The Morgan fingerprint density at radius 2 is 2.10 bits per heavy atom. The summed E-state index contributed by atoms with van der Waals surface area (Å²) in [6.45, 7) is 7.40. The third-order valence-electron chi connectivity index (χ3n) is 5.09. The van der Waals surface area contributed by atoms with E-state index in [4.69, 9.17) is 4.74 Å². The zero-order chi connectivity index (χ0) is 14.5. The van der Waals surface area contributed by atoms with Crippen LogP contribution in [-0.4, -0.2) is 43.2 Å². The molecule has 3 rings (SSSR count). The van der Waals surface area contributed by atoms with Gasteiger partial charge in [0, 0.05) is 31.7 Å². The Morgan fingerprint density at radius 1 is 1.24 bits per heavy atom. The molecule has 1 aliphatic carbocycles. The molecule has 1 saturated carbocycles. The van der Waals surface area contributed by atoms with Gasteiger partial charge in [0.25, 0.3) is 0 Å². The average Bonchev–Trinajstić information content (AvgIpc) is 2.50. The minimum absolute atomic E-state index is 0.409. The van der Waals surface area contributed by atoms with Gasteiger partial charge in [-0.05, 0) is 37.5 Å². The molecular weight excluding hydrogens is 260 g/mol. The van der Waals surface area contributed by atoms with Crippen LogP contribution in [0.1, 0.15) is 37.7 Å². The first-order valence-corrected chi connectivity index (χ1v) is 8.44. The number of hydrogen-bond acceptors (Lipinski definition) is 3. The van der Waals surface area contributed by atoms with E-state index in [1.165, 1.54) is 37.7 Å². The topological polar surface area (TPSA) is 24.5 Å². The van der Waals surface area contributed by atoms with Gasteiger partial charge in [0.1, 0.15) is 12.4 Å². The molecule has 1 aromatic carbocycles. The number of nitrogens with one attached hydrogen (secondary N) is 1. The summed E-state index contributed by atoms with van der Waals surface area (Å²) in [5.74, 6) is 1.00. The number of rotatable bonds is 4. The smallest absolute Gasteiger partial charge is 0.119 e. The van der Waals surface area contributed by atoms with Crippen LogP contribution in [0.4, 0.5) is 0 Å². The monoisotopic (exact) mass is 288 g/mol. The first-order valence-electron chi connectivity index (χ1n) is 8.44. The van der Waals surface area contributed by atoms with Gasteiger partial charge < -0.3 is 10.1 Å². The zero-order valence-electron chi connectivity index (χ0n) is 13.2. The number of aryl methyl sites for hydroxylation is 1. The van der Waals surface area contributed by atoms with Crippen molar-refractivity contribution in [1.29, 1.82) is 0 Å². The predicted octanol–water partition coefficient (Wildman–Crippen LogP) is 2.98. The number of ether oxygens (including phenoxy) is 1. The second kappa shape index (κ2) is 6.80. The van der Waals surface area contributed by atoms with Crippen LogP contribution in [0, 0.1) is 6.92 Å². The Bertz CT molecular complexity index is 446. The van der Waals surface area contributed by atoms with Crippen molar-refractivity contribution < 1.29 is 4.74 Å². The number of hydrogen-bond donors (Lipinski definition) is 1. The first-order chi connectivity index (χ1) is 10.3. The molecule has 0 aromatic heterocycles. The summed E-state index contributed by atoms with van der Waals surface area (Å²) in [7, 11) is 0. The van der Waals surface area contributed by atoms with Crippen LogP contribution in [0.25, 0.3) is 0 Å². The molecule has 21 heavy (non-hydrogen) atoms. The highest BCUT2D eigenvalue weighted by molar-refractivity contribution is 5.27. The molecule has 1 N–H and O–H groups in total. The van der Waals surface area contributed by atoms with Gasteiger partial charge in [-0.15, -0.1) is 0 Å². The maximum Gasteiger partial charge on any atom is 0.119 e. The highest BCUT2D eigenvalue weighted by Gasteiger charge is 2.39. The van der Waals surface area contributed by atoms with Gasteiger partial charge in [-0.25, -0.2) is 0 Å². The fourth-order valence-corrected chi connectivity index (χ4v) is 3.91. The van der Waals surface area contributed by atoms with Crippen LogP contribution in [0.15, 0.2) is 24.3 Å². The lowest BCUT2D eigenvalue weighted by molar-refractivity contribution is 0.0183. The number of benzene rings is 1. The van der Waals surface area contributed by atoms with E-state index in [0.29, 0.717) is 5.54 Å². The van der Waals surface area contributed by atoms with Gasteiger partial charge in [-0.2, -0.15) is 0 Å². The fraction of sp³-hybridized carbons (Fsp3) is 0.667. The van der Waals surface area contributed by atoms with Crippen molar-refractivity contribution in [3.8, 4) is 5.75 Å². The second-order valence-corrected chi connectivity index (χ2v) is 6.61. The summed E-state index contributed by atoms with van der Waals surface area (Å²) in [5.41, 5.74) is 1.67. The lowest BCUT2D eigenvalue weighted by atomic mass is 9.79. The van der Waals surface area contributed by atoms with Crippen LogP contribution >= 0.6 is 0 Å². The van der Waals surface area contributed by atoms with E-state index in [1.54, 1.807) is 0 Å². The van der Waals surface area contributed by atoms with Crippen molar-refractivity contribution in [3.63, 3.8) is 0 Å². The SMILES string of the molecule is Cc1cccc(OCCN2CCNCC23CCCCC3)c1. The van der Waals surface area contributed by atoms with Crippen molar-refractivity contribution in [2.75, 3.05) is 32.8 Å². The molecule has 3 nitrogen and oxygen atoms in total. The molecular formula is C18H28N2O. The summed E-state index contributed by atoms with van der Waals surface area (Å²) >= 11 is 0. The summed E-state index contributed by atoms with van der Waals surface area (Å²) in [6, 6.07) is 8.35. The number of nitrogens with zero attached hydrogens (tertiary/aromatic N) is 1. The van der Waals surface area contributed by atoms with Gasteiger partial charge in [0.2, 0.25) is 0 Å². The van der Waals surface area contributed by atoms with E-state index < -0.39 is 0 Å². The molecule has 2 aliphatic rings. The molecule has 0 radical (unpaired) electrons. The standard InChI is InChI=1S/C18H28N2O/c1-16-6-5-7-17(14-16)21-13-12-20-11-10-19-15-18(20)8-3-2-4-9-18/h5-7,14,19H,2-4,8-13,15H2,1H3. The predicted molar refractivity (Wildman–Crippen MR) is 86.9 cm³/mol. The van der Waals surface area contributed by atoms with E-state index in [0.717, 1.165) is 38.5 Å². The molecule has 1 aromatic rings. The molecule has 3 heteroatoms. The average molecular weight is 288 g/mol. The zero-order valence-corrected chi connectivity index (χ0v) is 13.2. The van der Waals surface area contributed by atoms with Crippen LogP contribution in [-0.2, 0) is 0 Å². The van der Waals surface area contributed by atoms with Crippen LogP contribution in [0.2, 0.25) is 0 Å². The molecule has 0 bridgehead atoms. The minimum Gasteiger partial charge on any atom is -0.492 e. The largest absolute Gasteiger partial charge is 0.492 e. The quantitative estimate of drug-likeness (QED) is 0.922. The summed E-state index contributed by atoms with van der Waals surface area (Å²) < 4.78 is 5.96. The van der Waals surface area contributed by atoms with E-state index >= 15 is 0 Å². The Hall–Kier alpha value is -1.06. The Kier molecular flexibility index (Phi) is 4.81. The molecule has 0 atom stereocenters. The fourth-order valence-electron chi connectivity index (χ4n) is 3.91. The lowest BCUT2D eigenvalue weighted by Gasteiger charge is -2.49. The van der Waals surface area contributed by atoms with Crippen molar-refractivity contribution >= 4 is 0 Å². The molecule has 0 amide bonds. The summed E-state index contributed by atoms with van der Waals surface area (Å²) in [6.07, 6.45) is 6.89. The molecule has 1 heterocycles. The van der Waals surface area contributed by atoms with Gasteiger partial charge in [-0.1, -0.05) is 31.4 Å². The van der Waals surface area contributed by atoms with Gasteiger partial charge in [-0.3, -0.25) is 4.90 Å². The molecule has 116 valence electrons. The van der Waals surface area contributed by atoms with Crippen LogP contribution in [0.5, 0.6) is 5.75 Å². The Labute approximate surface area is 128 Å². The van der Waals surface area contributed by atoms with Crippen molar-refractivity contribution in [3.05, 3.63) is 29.8 Å². The van der Waals surface area contributed by atoms with Crippen molar-refractivity contribution in [2.24, 2.45) is 0 Å². The van der Waals surface area contributed by atoms with Crippen molar-refractivity contribution in [1.82, 2.24) is 10.2 Å². The maximum absolute atomic E-state index is 5.96.